The molecule has 0 atom stereocenters. The molecule has 1 radical (unpaired) electrons. The summed E-state index contributed by atoms with van der Waals surface area (Å²) in [5, 5.41) is 2.28. The van der Waals surface area contributed by atoms with Crippen molar-refractivity contribution in [3.05, 3.63) is 41.7 Å². The van der Waals surface area contributed by atoms with Crippen LogP contribution < -0.4 is 4.84 Å². The Kier molecular flexibility index (Phi) is 1.99. The van der Waals surface area contributed by atoms with E-state index in [1.165, 1.54) is 0 Å². The fourth-order valence-corrected chi connectivity index (χ4v) is 0.633. The average Bonchev–Trinajstić information content (AvgIpc) is 1.94. The van der Waals surface area contributed by atoms with Gasteiger partial charge in [-0.1, -0.05) is 18.2 Å². The molecule has 0 aliphatic carbocycles. The molecule has 0 spiro atoms. The second kappa shape index (κ2) is 2.96. The summed E-state index contributed by atoms with van der Waals surface area (Å²) in [6.07, 6.45) is 0. The summed E-state index contributed by atoms with van der Waals surface area (Å²) in [4.78, 5) is 14.0. The molecule has 0 N–H and O–H groups in total. The maximum Gasteiger partial charge on any atom is 0.164 e. The molecule has 0 saturated carbocycles. The van der Waals surface area contributed by atoms with Crippen molar-refractivity contribution in [2.45, 2.75) is 0 Å². The van der Waals surface area contributed by atoms with E-state index in [2.05, 4.69) is 17.1 Å². The van der Waals surface area contributed by atoms with Gasteiger partial charge in [-0.05, 0) is 18.6 Å². The number of nitrogens with zero attached hydrogens (tertiary/aromatic N) is 1. The van der Waals surface area contributed by atoms with Crippen LogP contribution in [0.25, 0.3) is 0 Å². The third-order valence-corrected chi connectivity index (χ3v) is 1.11. The van der Waals surface area contributed by atoms with Crippen LogP contribution in [-0.4, -0.2) is 0 Å². The lowest BCUT2D eigenvalue weighted by Gasteiger charge is -1.96. The first kappa shape index (κ1) is 6.74. The van der Waals surface area contributed by atoms with Crippen LogP contribution in [0.4, 0.5) is 0 Å². The smallest absolute Gasteiger partial charge is 0.164 e. The first-order chi connectivity index (χ1) is 4.84. The van der Waals surface area contributed by atoms with Gasteiger partial charge in [-0.3, -0.25) is 0 Å². The van der Waals surface area contributed by atoms with Gasteiger partial charge in [0.1, 0.15) is 0 Å². The van der Waals surface area contributed by atoms with Crippen molar-refractivity contribution in [3.8, 4) is 5.75 Å². The van der Waals surface area contributed by atoms with E-state index in [9.17, 15) is 4.91 Å². The summed E-state index contributed by atoms with van der Waals surface area (Å²) in [6, 6.07) is 6.92. The van der Waals surface area contributed by atoms with E-state index < -0.39 is 0 Å². The van der Waals surface area contributed by atoms with Crippen LogP contribution in [0.1, 0.15) is 5.56 Å². The highest BCUT2D eigenvalue weighted by atomic mass is 16.7. The lowest BCUT2D eigenvalue weighted by Crippen LogP contribution is -1.82. The van der Waals surface area contributed by atoms with Gasteiger partial charge in [-0.15, -0.1) is 4.91 Å². The van der Waals surface area contributed by atoms with Crippen molar-refractivity contribution in [1.29, 1.82) is 0 Å². The highest BCUT2D eigenvalue weighted by Crippen LogP contribution is 2.15. The van der Waals surface area contributed by atoms with Gasteiger partial charge in [0.05, 0.1) is 0 Å². The summed E-state index contributed by atoms with van der Waals surface area (Å²) >= 11 is 0. The van der Waals surface area contributed by atoms with Crippen LogP contribution in [0, 0.1) is 11.8 Å². The van der Waals surface area contributed by atoms with Gasteiger partial charge in [0.25, 0.3) is 0 Å². The molecule has 0 saturated heterocycles. The van der Waals surface area contributed by atoms with E-state index in [1.54, 1.807) is 24.3 Å². The van der Waals surface area contributed by atoms with Crippen molar-refractivity contribution < 1.29 is 4.84 Å². The normalized spacial score (nSPS) is 8.90. The molecule has 0 bridgehead atoms. The molecular formula is C7H6NO2. The Morgan fingerprint density at radius 1 is 1.40 bits per heavy atom. The minimum absolute atomic E-state index is 0.400. The standard InChI is InChI=1S/C7H6NO2/c1-6-4-2-3-5-7(6)10-8-9/h2-5H,1H2. The molecule has 0 aliphatic rings. The van der Waals surface area contributed by atoms with Crippen LogP contribution >= 0.6 is 0 Å². The fourth-order valence-electron chi connectivity index (χ4n) is 0.633. The van der Waals surface area contributed by atoms with Gasteiger partial charge in [0.2, 0.25) is 0 Å². The number of hydrogen-bond acceptors (Lipinski definition) is 3. The van der Waals surface area contributed by atoms with Crippen LogP contribution in [0.15, 0.2) is 29.6 Å². The Morgan fingerprint density at radius 3 is 2.70 bits per heavy atom. The second-order valence-corrected chi connectivity index (χ2v) is 1.77. The third-order valence-electron chi connectivity index (χ3n) is 1.11. The summed E-state index contributed by atoms with van der Waals surface area (Å²) < 4.78 is 0. The molecule has 0 aromatic heterocycles. The molecule has 1 aromatic rings. The summed E-state index contributed by atoms with van der Waals surface area (Å²) in [5.74, 6) is 0.400. The Morgan fingerprint density at radius 2 is 2.10 bits per heavy atom. The van der Waals surface area contributed by atoms with Crippen molar-refractivity contribution in [3.63, 3.8) is 0 Å². The van der Waals surface area contributed by atoms with Gasteiger partial charge >= 0.3 is 0 Å². The van der Waals surface area contributed by atoms with E-state index in [0.29, 0.717) is 11.3 Å². The molecule has 0 heterocycles. The topological polar surface area (TPSA) is 38.7 Å². The highest BCUT2D eigenvalue weighted by Gasteiger charge is 1.95. The molecule has 3 heteroatoms. The zero-order chi connectivity index (χ0) is 7.40. The second-order valence-electron chi connectivity index (χ2n) is 1.77. The summed E-state index contributed by atoms with van der Waals surface area (Å²) in [6.45, 7) is 3.62. The Hall–Kier alpha value is -1.38. The van der Waals surface area contributed by atoms with Crippen molar-refractivity contribution in [1.82, 2.24) is 0 Å². The van der Waals surface area contributed by atoms with Crippen LogP contribution in [0.2, 0.25) is 0 Å². The molecule has 0 fully saturated rings. The Bertz CT molecular complexity index is 235. The maximum atomic E-state index is 9.63. The first-order valence-corrected chi connectivity index (χ1v) is 2.75. The molecule has 51 valence electrons. The number of benzene rings is 1. The molecule has 0 aliphatic heterocycles. The van der Waals surface area contributed by atoms with E-state index in [0.717, 1.165) is 0 Å². The zero-order valence-corrected chi connectivity index (χ0v) is 5.28. The minimum atomic E-state index is 0.400. The third kappa shape index (κ3) is 1.31. The van der Waals surface area contributed by atoms with Crippen molar-refractivity contribution in [2.24, 2.45) is 5.34 Å². The number of rotatable bonds is 2. The van der Waals surface area contributed by atoms with Crippen molar-refractivity contribution in [2.75, 3.05) is 0 Å². The lowest BCUT2D eigenvalue weighted by atomic mass is 10.2. The molecule has 0 unspecified atom stereocenters. The van der Waals surface area contributed by atoms with Crippen LogP contribution in [0.3, 0.4) is 0 Å². The zero-order valence-electron chi connectivity index (χ0n) is 5.28. The molecular weight excluding hydrogens is 130 g/mol. The molecule has 0 amide bonds. The van der Waals surface area contributed by atoms with E-state index in [4.69, 9.17) is 0 Å². The lowest BCUT2D eigenvalue weighted by molar-refractivity contribution is 0.333. The van der Waals surface area contributed by atoms with E-state index in [1.807, 2.05) is 0 Å². The molecule has 10 heavy (non-hydrogen) atoms. The van der Waals surface area contributed by atoms with Gasteiger partial charge in [0, 0.05) is 0 Å². The first-order valence-electron chi connectivity index (χ1n) is 2.75. The fraction of sp³-hybridized carbons (Fsp3) is 0. The predicted octanol–water partition coefficient (Wildman–Crippen LogP) is 1.93. The van der Waals surface area contributed by atoms with Gasteiger partial charge < -0.3 is 4.84 Å². The Labute approximate surface area is 58.6 Å². The Balaban J connectivity index is 2.91. The molecule has 1 rings (SSSR count). The SMILES string of the molecule is [CH2]c1ccccc1ON=O. The van der Waals surface area contributed by atoms with Crippen LogP contribution in [-0.2, 0) is 0 Å². The average molecular weight is 136 g/mol. The quantitative estimate of drug-likeness (QED) is 0.460. The van der Waals surface area contributed by atoms with Crippen molar-refractivity contribution >= 4 is 0 Å². The van der Waals surface area contributed by atoms with E-state index >= 15 is 0 Å². The highest BCUT2D eigenvalue weighted by molar-refractivity contribution is 5.34. The van der Waals surface area contributed by atoms with E-state index in [-0.39, 0.29) is 0 Å². The monoisotopic (exact) mass is 136 g/mol. The van der Waals surface area contributed by atoms with Gasteiger partial charge in [-0.25, -0.2) is 0 Å². The minimum Gasteiger partial charge on any atom is -0.324 e. The predicted molar refractivity (Wildman–Crippen MR) is 37.3 cm³/mol. The number of para-hydroxylation sites is 1. The van der Waals surface area contributed by atoms with Crippen LogP contribution in [0.5, 0.6) is 5.75 Å². The van der Waals surface area contributed by atoms with Gasteiger partial charge in [-0.2, -0.15) is 0 Å². The summed E-state index contributed by atoms with van der Waals surface area (Å²) in [5.41, 5.74) is 0.655. The van der Waals surface area contributed by atoms with Gasteiger partial charge in [0.15, 0.2) is 11.1 Å². The molecule has 1 aromatic carbocycles. The molecule has 3 nitrogen and oxygen atoms in total. The maximum absolute atomic E-state index is 9.63. The summed E-state index contributed by atoms with van der Waals surface area (Å²) in [7, 11) is 0. The number of hydrogen-bond donors (Lipinski definition) is 0. The largest absolute Gasteiger partial charge is 0.324 e.